The van der Waals surface area contributed by atoms with Crippen LogP contribution in [-0.2, 0) is 14.2 Å². The molecular weight excluding hydrogens is 560 g/mol. The van der Waals surface area contributed by atoms with E-state index in [9.17, 15) is 40.5 Å². The number of phenols is 1. The number of fused-ring (bicyclic) bond motifs is 1. The predicted octanol–water partition coefficient (Wildman–Crippen LogP) is -0.795. The zero-order valence-corrected chi connectivity index (χ0v) is 22.5. The second-order valence-corrected chi connectivity index (χ2v) is 10.1. The molecule has 14 heteroatoms. The molecule has 3 heterocycles. The fraction of sp³-hybridized carbons (Fsp3) is 0.464. The Hall–Kier alpha value is -3.31. The highest BCUT2D eigenvalue weighted by atomic mass is 16.7. The number of aliphatic hydroxyl groups excluding tert-OH is 6. The number of aliphatic hydroxyl groups is 6. The first kappa shape index (κ1) is 30.2. The van der Waals surface area contributed by atoms with Crippen molar-refractivity contribution in [2.45, 2.75) is 68.3 Å². The standard InChI is InChI=1S/C28H32O14/c1-11-18(29)22(33)24(35)27(40-11)39-10-17-20(31)23(34)25(36)28(42-17)41-16-8-7-14-19(30)15(9-38-26(14)21(16)32)12-3-5-13(37-2)6-4-12/h3-9,11,17-18,20,22-25,27-29,31-36H,10H2,1-2H3/t11-,17+,18+,20+,22+,23-,24+,25+,27+,28+/m0/s1. The third kappa shape index (κ3) is 5.56. The lowest BCUT2D eigenvalue weighted by atomic mass is 9.98. The molecule has 0 radical (unpaired) electrons. The summed E-state index contributed by atoms with van der Waals surface area (Å²) < 4.78 is 32.7. The third-order valence-corrected chi connectivity index (χ3v) is 7.42. The van der Waals surface area contributed by atoms with Gasteiger partial charge in [-0.25, -0.2) is 0 Å². The van der Waals surface area contributed by atoms with E-state index in [4.69, 9.17) is 28.1 Å². The molecule has 2 saturated heterocycles. The lowest BCUT2D eigenvalue weighted by Gasteiger charge is -2.42. The molecule has 1 aromatic heterocycles. The van der Waals surface area contributed by atoms with E-state index in [0.717, 1.165) is 0 Å². The van der Waals surface area contributed by atoms with Crippen molar-refractivity contribution in [1.82, 2.24) is 0 Å². The lowest BCUT2D eigenvalue weighted by Crippen LogP contribution is -2.61. The van der Waals surface area contributed by atoms with Crippen LogP contribution in [0.5, 0.6) is 17.2 Å². The molecule has 0 unspecified atom stereocenters. The van der Waals surface area contributed by atoms with Gasteiger partial charge < -0.3 is 63.8 Å². The summed E-state index contributed by atoms with van der Waals surface area (Å²) in [6.45, 7) is 0.971. The van der Waals surface area contributed by atoms with E-state index in [-0.39, 0.29) is 22.3 Å². The molecule has 42 heavy (non-hydrogen) atoms. The quantitative estimate of drug-likeness (QED) is 0.179. The fourth-order valence-corrected chi connectivity index (χ4v) is 4.85. The Bertz CT molecular complexity index is 1440. The molecule has 2 fully saturated rings. The highest BCUT2D eigenvalue weighted by Gasteiger charge is 2.47. The first-order valence-corrected chi connectivity index (χ1v) is 13.1. The van der Waals surface area contributed by atoms with Gasteiger partial charge in [-0.15, -0.1) is 0 Å². The van der Waals surface area contributed by atoms with Gasteiger partial charge in [0.2, 0.25) is 17.5 Å². The van der Waals surface area contributed by atoms with Crippen molar-refractivity contribution in [1.29, 1.82) is 0 Å². The van der Waals surface area contributed by atoms with Gasteiger partial charge in [-0.3, -0.25) is 4.79 Å². The predicted molar refractivity (Wildman–Crippen MR) is 142 cm³/mol. The molecule has 10 atom stereocenters. The van der Waals surface area contributed by atoms with Crippen LogP contribution in [-0.4, -0.2) is 111 Å². The zero-order chi connectivity index (χ0) is 30.3. The van der Waals surface area contributed by atoms with Crippen molar-refractivity contribution in [3.63, 3.8) is 0 Å². The van der Waals surface area contributed by atoms with E-state index < -0.39 is 79.2 Å². The maximum atomic E-state index is 13.2. The van der Waals surface area contributed by atoms with Crippen LogP contribution in [0, 0.1) is 0 Å². The summed E-state index contributed by atoms with van der Waals surface area (Å²) in [6, 6.07) is 9.35. The second kappa shape index (κ2) is 12.1. The van der Waals surface area contributed by atoms with Gasteiger partial charge in [0.15, 0.2) is 17.6 Å². The first-order chi connectivity index (χ1) is 20.0. The lowest BCUT2D eigenvalue weighted by molar-refractivity contribution is -0.318. The van der Waals surface area contributed by atoms with Gasteiger partial charge in [0.25, 0.3) is 0 Å². The number of hydrogen-bond acceptors (Lipinski definition) is 14. The molecule has 2 aromatic carbocycles. The van der Waals surface area contributed by atoms with E-state index in [0.29, 0.717) is 11.3 Å². The molecule has 0 aliphatic carbocycles. The summed E-state index contributed by atoms with van der Waals surface area (Å²) in [5.74, 6) is -0.224. The highest BCUT2D eigenvalue weighted by Crippen LogP contribution is 2.37. The second-order valence-electron chi connectivity index (χ2n) is 10.1. The van der Waals surface area contributed by atoms with Crippen LogP contribution in [0.1, 0.15) is 6.92 Å². The van der Waals surface area contributed by atoms with Crippen LogP contribution < -0.4 is 14.9 Å². The summed E-state index contributed by atoms with van der Waals surface area (Å²) in [6.07, 6.45) is -13.8. The Kier molecular flexibility index (Phi) is 8.71. The van der Waals surface area contributed by atoms with Crippen molar-refractivity contribution >= 4 is 11.0 Å². The first-order valence-electron chi connectivity index (χ1n) is 13.1. The Balaban J connectivity index is 1.33. The molecule has 7 N–H and O–H groups in total. The Labute approximate surface area is 238 Å². The van der Waals surface area contributed by atoms with Crippen molar-refractivity contribution in [3.05, 3.63) is 52.9 Å². The van der Waals surface area contributed by atoms with Gasteiger partial charge in [-0.2, -0.15) is 0 Å². The third-order valence-electron chi connectivity index (χ3n) is 7.42. The molecular formula is C28H32O14. The molecule has 2 aliphatic heterocycles. The molecule has 2 aliphatic rings. The van der Waals surface area contributed by atoms with Crippen molar-refractivity contribution in [2.24, 2.45) is 0 Å². The van der Waals surface area contributed by atoms with Gasteiger partial charge in [0, 0.05) is 0 Å². The summed E-state index contributed by atoms with van der Waals surface area (Å²) >= 11 is 0. The zero-order valence-electron chi connectivity index (χ0n) is 22.5. The molecule has 0 amide bonds. The van der Waals surface area contributed by atoms with E-state index in [1.54, 1.807) is 24.3 Å². The van der Waals surface area contributed by atoms with Gasteiger partial charge in [0.1, 0.15) is 54.7 Å². The smallest absolute Gasteiger partial charge is 0.229 e. The van der Waals surface area contributed by atoms with Crippen LogP contribution in [0.2, 0.25) is 0 Å². The molecule has 0 bridgehead atoms. The van der Waals surface area contributed by atoms with Crippen LogP contribution in [0.15, 0.2) is 51.9 Å². The van der Waals surface area contributed by atoms with Crippen LogP contribution in [0.25, 0.3) is 22.1 Å². The number of benzene rings is 2. The van der Waals surface area contributed by atoms with Gasteiger partial charge in [-0.1, -0.05) is 12.1 Å². The summed E-state index contributed by atoms with van der Waals surface area (Å²) in [5, 5.41) is 72.2. The number of phenolic OH excluding ortho intramolecular Hbond substituents is 1. The monoisotopic (exact) mass is 592 g/mol. The average molecular weight is 593 g/mol. The van der Waals surface area contributed by atoms with Crippen LogP contribution in [0.3, 0.4) is 0 Å². The van der Waals surface area contributed by atoms with Gasteiger partial charge in [0.05, 0.1) is 30.8 Å². The normalized spacial score (nSPS) is 33.4. The molecule has 228 valence electrons. The molecule has 0 spiro atoms. The Morgan fingerprint density at radius 1 is 0.810 bits per heavy atom. The van der Waals surface area contributed by atoms with Crippen molar-refractivity contribution in [2.75, 3.05) is 13.7 Å². The van der Waals surface area contributed by atoms with E-state index in [2.05, 4.69) is 0 Å². The largest absolute Gasteiger partial charge is 0.502 e. The minimum atomic E-state index is -1.77. The highest BCUT2D eigenvalue weighted by molar-refractivity contribution is 5.87. The maximum absolute atomic E-state index is 13.2. The number of rotatable bonds is 7. The molecule has 3 aromatic rings. The molecule has 0 saturated carbocycles. The van der Waals surface area contributed by atoms with Crippen LogP contribution in [0.4, 0.5) is 0 Å². The minimum Gasteiger partial charge on any atom is -0.502 e. The molecule has 14 nitrogen and oxygen atoms in total. The Morgan fingerprint density at radius 3 is 2.17 bits per heavy atom. The summed E-state index contributed by atoms with van der Waals surface area (Å²) in [7, 11) is 1.52. The van der Waals surface area contributed by atoms with Crippen LogP contribution >= 0.6 is 0 Å². The van der Waals surface area contributed by atoms with E-state index in [1.165, 1.54) is 32.4 Å². The number of hydrogen-bond donors (Lipinski definition) is 7. The van der Waals surface area contributed by atoms with Crippen molar-refractivity contribution in [3.8, 4) is 28.4 Å². The summed E-state index contributed by atoms with van der Waals surface area (Å²) in [4.78, 5) is 13.2. The van der Waals surface area contributed by atoms with Gasteiger partial charge in [-0.05, 0) is 36.8 Å². The van der Waals surface area contributed by atoms with E-state index in [1.807, 2.05) is 0 Å². The fourth-order valence-electron chi connectivity index (χ4n) is 4.85. The van der Waals surface area contributed by atoms with Gasteiger partial charge >= 0.3 is 0 Å². The van der Waals surface area contributed by atoms with Crippen molar-refractivity contribution < 1.29 is 63.8 Å². The maximum Gasteiger partial charge on any atom is 0.229 e. The number of methoxy groups -OCH3 is 1. The molecule has 5 rings (SSSR count). The minimum absolute atomic E-state index is 0.0487. The summed E-state index contributed by atoms with van der Waals surface area (Å²) in [5.41, 5.74) is 0.190. The van der Waals surface area contributed by atoms with E-state index >= 15 is 0 Å². The SMILES string of the molecule is COc1ccc(-c2coc3c(O)c(O[C@@H]4O[C@H](CO[C@@H]5O[C@@H](C)[C@@H](O)[C@@H](O)[C@H]5O)[C@@H](O)[C@H](O)[C@H]4O)ccc3c2=O)cc1. The number of aromatic hydroxyl groups is 1. The average Bonchev–Trinajstić information content (AvgIpc) is 2.99. The number of ether oxygens (including phenoxy) is 5. The Morgan fingerprint density at radius 2 is 1.48 bits per heavy atom. The topological polar surface area (TPSA) is 218 Å².